The van der Waals surface area contributed by atoms with E-state index in [4.69, 9.17) is 21.3 Å². The van der Waals surface area contributed by atoms with E-state index in [0.29, 0.717) is 18.2 Å². The first-order valence-electron chi connectivity index (χ1n) is 11.3. The molecule has 1 aromatic heterocycles. The third-order valence-corrected chi connectivity index (χ3v) is 6.31. The van der Waals surface area contributed by atoms with Crippen LogP contribution in [0.25, 0.3) is 11.0 Å². The Labute approximate surface area is 188 Å². The lowest BCUT2D eigenvalue weighted by Gasteiger charge is -2.20. The normalized spacial score (nSPS) is 14.6. The van der Waals surface area contributed by atoms with Gasteiger partial charge in [-0.3, -0.25) is 4.79 Å². The van der Waals surface area contributed by atoms with Gasteiger partial charge in [0.1, 0.15) is 11.6 Å². The van der Waals surface area contributed by atoms with Crippen LogP contribution in [-0.2, 0) is 17.9 Å². The summed E-state index contributed by atoms with van der Waals surface area (Å²) < 4.78 is 8.03. The number of fused-ring (bicyclic) bond motifs is 1. The van der Waals surface area contributed by atoms with Gasteiger partial charge in [-0.2, -0.15) is 0 Å². The standard InChI is InChI=1S/C25H30ClN3O2/c26-20-12-4-7-15-23(20)31-17-9-8-16-29-22-14-6-5-13-21(22)28-24(29)18-27-25(30)19-10-2-1-3-11-19/h4-7,12-15,19H,1-3,8-11,16-18H2,(H,27,30). The van der Waals surface area contributed by atoms with E-state index in [2.05, 4.69) is 16.0 Å². The van der Waals surface area contributed by atoms with Crippen LogP contribution in [0.3, 0.4) is 0 Å². The number of hydrogen-bond donors (Lipinski definition) is 1. The Morgan fingerprint density at radius 1 is 1.06 bits per heavy atom. The summed E-state index contributed by atoms with van der Waals surface area (Å²) in [5, 5.41) is 3.78. The smallest absolute Gasteiger partial charge is 0.223 e. The molecule has 2 aromatic carbocycles. The molecule has 1 N–H and O–H groups in total. The number of ether oxygens (including phenoxy) is 1. The molecule has 1 amide bonds. The van der Waals surface area contributed by atoms with Crippen molar-refractivity contribution < 1.29 is 9.53 Å². The van der Waals surface area contributed by atoms with Crippen molar-refractivity contribution in [2.24, 2.45) is 5.92 Å². The quantitative estimate of drug-likeness (QED) is 0.432. The number of carbonyl (C=O) groups excluding carboxylic acids is 1. The van der Waals surface area contributed by atoms with Gasteiger partial charge in [0.25, 0.3) is 0 Å². The number of amides is 1. The minimum Gasteiger partial charge on any atom is -0.492 e. The van der Waals surface area contributed by atoms with E-state index in [1.54, 1.807) is 0 Å². The van der Waals surface area contributed by atoms with E-state index in [0.717, 1.165) is 67.7 Å². The molecule has 0 bridgehead atoms. The number of para-hydroxylation sites is 3. The number of halogens is 1. The molecule has 1 saturated carbocycles. The molecule has 0 radical (unpaired) electrons. The van der Waals surface area contributed by atoms with Crippen molar-refractivity contribution in [3.05, 3.63) is 59.4 Å². The van der Waals surface area contributed by atoms with E-state index in [9.17, 15) is 4.79 Å². The van der Waals surface area contributed by atoms with Gasteiger partial charge in [0.15, 0.2) is 0 Å². The molecule has 1 aliphatic carbocycles. The summed E-state index contributed by atoms with van der Waals surface area (Å²) in [6.07, 6.45) is 7.45. The molecule has 0 saturated heterocycles. The Bertz CT molecular complexity index is 1010. The molecule has 1 aliphatic rings. The van der Waals surface area contributed by atoms with Crippen LogP contribution in [0.15, 0.2) is 48.5 Å². The highest BCUT2D eigenvalue weighted by Gasteiger charge is 2.21. The van der Waals surface area contributed by atoms with Gasteiger partial charge < -0.3 is 14.6 Å². The number of hydrogen-bond acceptors (Lipinski definition) is 3. The molecule has 1 fully saturated rings. The van der Waals surface area contributed by atoms with Crippen molar-refractivity contribution in [3.63, 3.8) is 0 Å². The van der Waals surface area contributed by atoms with Crippen LogP contribution in [0.2, 0.25) is 5.02 Å². The topological polar surface area (TPSA) is 56.2 Å². The number of carbonyl (C=O) groups is 1. The SMILES string of the molecule is O=C(NCc1nc2ccccc2n1CCCCOc1ccccc1Cl)C1CCCCC1. The summed E-state index contributed by atoms with van der Waals surface area (Å²) in [5.74, 6) is 1.97. The van der Waals surface area contributed by atoms with Gasteiger partial charge in [0.05, 0.1) is 29.2 Å². The van der Waals surface area contributed by atoms with Gasteiger partial charge in [-0.15, -0.1) is 0 Å². The van der Waals surface area contributed by atoms with Gasteiger partial charge in [-0.1, -0.05) is 55.1 Å². The molecule has 3 aromatic rings. The van der Waals surface area contributed by atoms with Crippen molar-refractivity contribution in [3.8, 4) is 5.75 Å². The molecule has 164 valence electrons. The fraction of sp³-hybridized carbons (Fsp3) is 0.440. The lowest BCUT2D eigenvalue weighted by atomic mass is 9.89. The van der Waals surface area contributed by atoms with Crippen LogP contribution in [0.1, 0.15) is 50.8 Å². The van der Waals surface area contributed by atoms with E-state index in [-0.39, 0.29) is 11.8 Å². The molecule has 1 heterocycles. The van der Waals surface area contributed by atoms with Crippen molar-refractivity contribution in [1.82, 2.24) is 14.9 Å². The van der Waals surface area contributed by atoms with Crippen molar-refractivity contribution >= 4 is 28.5 Å². The highest BCUT2D eigenvalue weighted by molar-refractivity contribution is 6.32. The monoisotopic (exact) mass is 439 g/mol. The minimum atomic E-state index is 0.161. The molecule has 0 unspecified atom stereocenters. The van der Waals surface area contributed by atoms with Crippen molar-refractivity contribution in [2.45, 2.75) is 58.0 Å². The Hall–Kier alpha value is -2.53. The zero-order valence-electron chi connectivity index (χ0n) is 17.9. The second-order valence-electron chi connectivity index (χ2n) is 8.21. The summed E-state index contributed by atoms with van der Waals surface area (Å²) in [7, 11) is 0. The molecular formula is C25H30ClN3O2. The predicted octanol–water partition coefficient (Wildman–Crippen LogP) is 5.75. The third kappa shape index (κ3) is 5.59. The first kappa shape index (κ1) is 21.7. The second-order valence-corrected chi connectivity index (χ2v) is 8.61. The number of aryl methyl sites for hydroxylation is 1. The number of rotatable bonds is 9. The Morgan fingerprint density at radius 3 is 2.68 bits per heavy atom. The number of benzene rings is 2. The summed E-state index contributed by atoms with van der Waals surface area (Å²) in [5.41, 5.74) is 2.08. The average molecular weight is 440 g/mol. The first-order chi connectivity index (χ1) is 15.2. The van der Waals surface area contributed by atoms with Gasteiger partial charge in [-0.05, 0) is 49.9 Å². The Morgan fingerprint density at radius 2 is 1.84 bits per heavy atom. The van der Waals surface area contributed by atoms with Gasteiger partial charge in [0, 0.05) is 12.5 Å². The maximum Gasteiger partial charge on any atom is 0.223 e. The summed E-state index contributed by atoms with van der Waals surface area (Å²) in [6, 6.07) is 15.7. The predicted molar refractivity (Wildman–Crippen MR) is 124 cm³/mol. The van der Waals surface area contributed by atoms with Crippen LogP contribution in [0.5, 0.6) is 5.75 Å². The molecule has 6 heteroatoms. The maximum atomic E-state index is 12.6. The van der Waals surface area contributed by atoms with Crippen molar-refractivity contribution in [2.75, 3.05) is 6.61 Å². The summed E-state index contributed by atoms with van der Waals surface area (Å²) in [4.78, 5) is 17.4. The van der Waals surface area contributed by atoms with Gasteiger partial charge in [0.2, 0.25) is 5.91 Å². The molecule has 4 rings (SSSR count). The zero-order valence-corrected chi connectivity index (χ0v) is 18.6. The largest absolute Gasteiger partial charge is 0.492 e. The molecular weight excluding hydrogens is 410 g/mol. The molecule has 5 nitrogen and oxygen atoms in total. The molecule has 0 aliphatic heterocycles. The van der Waals surface area contributed by atoms with Crippen molar-refractivity contribution in [1.29, 1.82) is 0 Å². The highest BCUT2D eigenvalue weighted by Crippen LogP contribution is 2.25. The van der Waals surface area contributed by atoms with E-state index in [1.165, 1.54) is 6.42 Å². The lowest BCUT2D eigenvalue weighted by Crippen LogP contribution is -2.32. The first-order valence-corrected chi connectivity index (χ1v) is 11.7. The number of aromatic nitrogens is 2. The number of imidazole rings is 1. The summed E-state index contributed by atoms with van der Waals surface area (Å²) >= 11 is 6.15. The maximum absolute atomic E-state index is 12.6. The molecule has 0 spiro atoms. The van der Waals surface area contributed by atoms with Crippen LogP contribution in [-0.4, -0.2) is 22.1 Å². The van der Waals surface area contributed by atoms with Crippen LogP contribution in [0, 0.1) is 5.92 Å². The number of unbranched alkanes of at least 4 members (excludes halogenated alkanes) is 1. The van der Waals surface area contributed by atoms with Crippen LogP contribution >= 0.6 is 11.6 Å². The number of nitrogens with one attached hydrogen (secondary N) is 1. The average Bonchev–Trinajstić information content (AvgIpc) is 3.16. The minimum absolute atomic E-state index is 0.161. The van der Waals surface area contributed by atoms with Gasteiger partial charge >= 0.3 is 0 Å². The summed E-state index contributed by atoms with van der Waals surface area (Å²) in [6.45, 7) is 1.92. The fourth-order valence-electron chi connectivity index (χ4n) is 4.30. The van der Waals surface area contributed by atoms with Gasteiger partial charge in [-0.25, -0.2) is 4.98 Å². The zero-order chi connectivity index (χ0) is 21.5. The van der Waals surface area contributed by atoms with Crippen LogP contribution in [0.4, 0.5) is 0 Å². The van der Waals surface area contributed by atoms with Crippen LogP contribution < -0.4 is 10.1 Å². The lowest BCUT2D eigenvalue weighted by molar-refractivity contribution is -0.126. The molecule has 0 atom stereocenters. The Kier molecular flexibility index (Phi) is 7.47. The number of nitrogens with zero attached hydrogens (tertiary/aromatic N) is 2. The Balaban J connectivity index is 1.34. The third-order valence-electron chi connectivity index (χ3n) is 6.00. The van der Waals surface area contributed by atoms with E-state index >= 15 is 0 Å². The highest BCUT2D eigenvalue weighted by atomic mass is 35.5. The second kappa shape index (κ2) is 10.7. The fourth-order valence-corrected chi connectivity index (χ4v) is 4.49. The molecule has 31 heavy (non-hydrogen) atoms. The van der Waals surface area contributed by atoms with E-state index < -0.39 is 0 Å². The van der Waals surface area contributed by atoms with E-state index in [1.807, 2.05) is 42.5 Å².